The van der Waals surface area contributed by atoms with Crippen LogP contribution in [0.3, 0.4) is 0 Å². The number of methoxy groups -OCH3 is 3. The minimum atomic E-state index is 0.747. The normalized spacial score (nSPS) is 11.2. The van der Waals surface area contributed by atoms with Gasteiger partial charge in [0.2, 0.25) is 0 Å². The molecule has 3 heteroatoms. The lowest BCUT2D eigenvalue weighted by Gasteiger charge is -2.14. The number of allylic oxidation sites excluding steroid dienone is 2. The number of hydrogen-bond acceptors (Lipinski definition) is 3. The van der Waals surface area contributed by atoms with E-state index in [4.69, 9.17) is 14.2 Å². The highest BCUT2D eigenvalue weighted by molar-refractivity contribution is 5.51. The van der Waals surface area contributed by atoms with E-state index in [1.165, 1.54) is 89.0 Å². The second-order valence-electron chi connectivity index (χ2n) is 7.86. The van der Waals surface area contributed by atoms with Gasteiger partial charge in [0.1, 0.15) is 5.75 Å². The highest BCUT2D eigenvalue weighted by Crippen LogP contribution is 2.36. The Bertz CT molecular complexity index is 551. The maximum atomic E-state index is 5.56. The molecule has 0 aliphatic carbocycles. The summed E-state index contributed by atoms with van der Waals surface area (Å²) in [6.45, 7) is 2.27. The fourth-order valence-corrected chi connectivity index (χ4v) is 3.70. The lowest BCUT2D eigenvalue weighted by molar-refractivity contribution is 0.345. The molecule has 0 amide bonds. The Kier molecular flexibility index (Phi) is 15.1. The Labute approximate surface area is 179 Å². The third-order valence-corrected chi connectivity index (χ3v) is 5.47. The van der Waals surface area contributed by atoms with E-state index in [1.54, 1.807) is 21.3 Å². The van der Waals surface area contributed by atoms with Gasteiger partial charge in [0, 0.05) is 11.6 Å². The quantitative estimate of drug-likeness (QED) is 0.184. The van der Waals surface area contributed by atoms with Gasteiger partial charge in [-0.05, 0) is 44.6 Å². The third-order valence-electron chi connectivity index (χ3n) is 5.47. The predicted molar refractivity (Wildman–Crippen MR) is 125 cm³/mol. The van der Waals surface area contributed by atoms with Crippen molar-refractivity contribution >= 4 is 0 Å². The smallest absolute Gasteiger partial charge is 0.164 e. The van der Waals surface area contributed by atoms with Crippen LogP contribution in [0.1, 0.15) is 96.0 Å². The molecule has 0 atom stereocenters. The molecule has 0 bridgehead atoms. The van der Waals surface area contributed by atoms with E-state index in [-0.39, 0.29) is 0 Å². The molecule has 0 N–H and O–H groups in total. The molecule has 0 heterocycles. The summed E-state index contributed by atoms with van der Waals surface area (Å²) in [6.07, 6.45) is 22.9. The largest absolute Gasteiger partial charge is 0.497 e. The van der Waals surface area contributed by atoms with E-state index < -0.39 is 0 Å². The van der Waals surface area contributed by atoms with Crippen LogP contribution in [0.15, 0.2) is 24.3 Å². The first kappa shape index (κ1) is 25.4. The van der Waals surface area contributed by atoms with E-state index in [0.29, 0.717) is 0 Å². The van der Waals surface area contributed by atoms with Crippen LogP contribution in [0, 0.1) is 0 Å². The topological polar surface area (TPSA) is 27.7 Å². The molecule has 1 aromatic rings. The average molecular weight is 405 g/mol. The second-order valence-corrected chi connectivity index (χ2v) is 7.86. The van der Waals surface area contributed by atoms with E-state index in [1.807, 2.05) is 6.07 Å². The lowest BCUT2D eigenvalue weighted by Crippen LogP contribution is -1.98. The Hall–Kier alpha value is -1.64. The van der Waals surface area contributed by atoms with Gasteiger partial charge >= 0.3 is 0 Å². The molecule has 3 nitrogen and oxygen atoms in total. The molecular formula is C26H44O3. The molecule has 0 saturated heterocycles. The van der Waals surface area contributed by atoms with Crippen LogP contribution < -0.4 is 14.2 Å². The molecular weight excluding hydrogens is 360 g/mol. The first-order valence-corrected chi connectivity index (χ1v) is 11.7. The molecule has 1 aromatic carbocycles. The Morgan fingerprint density at radius 2 is 1.24 bits per heavy atom. The predicted octanol–water partition coefficient (Wildman–Crippen LogP) is 7.90. The minimum absolute atomic E-state index is 0.747. The highest BCUT2D eigenvalue weighted by Gasteiger charge is 2.12. The number of aryl methyl sites for hydroxylation is 1. The molecule has 0 fully saturated rings. The van der Waals surface area contributed by atoms with Crippen molar-refractivity contribution in [1.82, 2.24) is 0 Å². The zero-order valence-electron chi connectivity index (χ0n) is 19.4. The van der Waals surface area contributed by atoms with Crippen LogP contribution in [0.25, 0.3) is 0 Å². The molecule has 0 unspecified atom stereocenters. The monoisotopic (exact) mass is 404 g/mol. The van der Waals surface area contributed by atoms with Gasteiger partial charge in [-0.1, -0.05) is 70.4 Å². The van der Waals surface area contributed by atoms with Crippen LogP contribution in [-0.4, -0.2) is 21.3 Å². The highest BCUT2D eigenvalue weighted by atomic mass is 16.5. The van der Waals surface area contributed by atoms with Crippen molar-refractivity contribution in [3.05, 3.63) is 29.8 Å². The van der Waals surface area contributed by atoms with Crippen molar-refractivity contribution in [1.29, 1.82) is 0 Å². The molecule has 0 radical (unpaired) electrons. The van der Waals surface area contributed by atoms with E-state index >= 15 is 0 Å². The fraction of sp³-hybridized carbons (Fsp3) is 0.692. The van der Waals surface area contributed by atoms with Crippen LogP contribution in [0.2, 0.25) is 0 Å². The van der Waals surface area contributed by atoms with Crippen molar-refractivity contribution in [2.24, 2.45) is 0 Å². The summed E-state index contributed by atoms with van der Waals surface area (Å²) in [5.41, 5.74) is 1.17. The summed E-state index contributed by atoms with van der Waals surface area (Å²) < 4.78 is 16.4. The third kappa shape index (κ3) is 11.2. The van der Waals surface area contributed by atoms with Gasteiger partial charge in [-0.3, -0.25) is 0 Å². The van der Waals surface area contributed by atoms with Gasteiger partial charge in [0.15, 0.2) is 11.5 Å². The summed E-state index contributed by atoms with van der Waals surface area (Å²) in [5, 5.41) is 0. The Morgan fingerprint density at radius 1 is 0.655 bits per heavy atom. The number of unbranched alkanes of at least 4 members (excludes halogenated alkanes) is 11. The molecule has 0 aliphatic rings. The summed E-state index contributed by atoms with van der Waals surface area (Å²) in [4.78, 5) is 0. The number of ether oxygens (including phenoxy) is 3. The van der Waals surface area contributed by atoms with Crippen molar-refractivity contribution in [2.75, 3.05) is 21.3 Å². The van der Waals surface area contributed by atoms with E-state index in [0.717, 1.165) is 23.7 Å². The van der Waals surface area contributed by atoms with E-state index in [2.05, 4.69) is 25.1 Å². The minimum Gasteiger partial charge on any atom is -0.497 e. The summed E-state index contributed by atoms with van der Waals surface area (Å²) in [6, 6.07) is 3.95. The maximum absolute atomic E-state index is 5.56. The molecule has 0 aliphatic heterocycles. The number of rotatable bonds is 18. The van der Waals surface area contributed by atoms with Gasteiger partial charge in [-0.25, -0.2) is 0 Å². The first-order chi connectivity index (χ1) is 14.3. The van der Waals surface area contributed by atoms with Crippen molar-refractivity contribution in [2.45, 2.75) is 96.8 Å². The second kappa shape index (κ2) is 17.2. The van der Waals surface area contributed by atoms with Gasteiger partial charge in [-0.15, -0.1) is 0 Å². The summed E-state index contributed by atoms with van der Waals surface area (Å²) in [7, 11) is 5.06. The Balaban J connectivity index is 2.09. The zero-order chi connectivity index (χ0) is 21.2. The van der Waals surface area contributed by atoms with Gasteiger partial charge in [-0.2, -0.15) is 0 Å². The maximum Gasteiger partial charge on any atom is 0.164 e. The van der Waals surface area contributed by atoms with Crippen molar-refractivity contribution in [3.8, 4) is 17.2 Å². The van der Waals surface area contributed by atoms with Crippen LogP contribution in [-0.2, 0) is 6.42 Å². The molecule has 0 saturated carbocycles. The number of hydrogen-bond donors (Lipinski definition) is 0. The average Bonchev–Trinajstić information content (AvgIpc) is 2.75. The van der Waals surface area contributed by atoms with E-state index in [9.17, 15) is 0 Å². The van der Waals surface area contributed by atoms with Gasteiger partial charge < -0.3 is 14.2 Å². The molecule has 0 spiro atoms. The molecule has 0 aromatic heterocycles. The zero-order valence-corrected chi connectivity index (χ0v) is 19.4. The fourth-order valence-electron chi connectivity index (χ4n) is 3.70. The SMILES string of the molecule is CCCCCC/C=C\CCCCCCCCCc1cc(OC)cc(OC)c1OC. The van der Waals surface area contributed by atoms with Crippen molar-refractivity contribution in [3.63, 3.8) is 0 Å². The van der Waals surface area contributed by atoms with Crippen LogP contribution in [0.5, 0.6) is 17.2 Å². The first-order valence-electron chi connectivity index (χ1n) is 11.7. The summed E-state index contributed by atoms with van der Waals surface area (Å²) in [5.74, 6) is 2.41. The Morgan fingerprint density at radius 3 is 1.79 bits per heavy atom. The van der Waals surface area contributed by atoms with Crippen molar-refractivity contribution < 1.29 is 14.2 Å². The summed E-state index contributed by atoms with van der Waals surface area (Å²) >= 11 is 0. The molecule has 29 heavy (non-hydrogen) atoms. The number of benzene rings is 1. The lowest BCUT2D eigenvalue weighted by atomic mass is 10.0. The standard InChI is InChI=1S/C26H44O3/c1-5-6-7-8-9-10-11-12-13-14-15-16-17-18-19-20-23-21-24(27-2)22-25(28-3)26(23)29-4/h10-11,21-22H,5-9,12-20H2,1-4H3/b11-10-. The molecule has 166 valence electrons. The molecule has 1 rings (SSSR count). The van der Waals surface area contributed by atoms with Crippen LogP contribution in [0.4, 0.5) is 0 Å². The van der Waals surface area contributed by atoms with Gasteiger partial charge in [0.05, 0.1) is 21.3 Å². The van der Waals surface area contributed by atoms with Crippen LogP contribution >= 0.6 is 0 Å². The van der Waals surface area contributed by atoms with Gasteiger partial charge in [0.25, 0.3) is 0 Å².